The van der Waals surface area contributed by atoms with E-state index in [1.54, 1.807) is 0 Å². The second-order valence-corrected chi connectivity index (χ2v) is 14.5. The van der Waals surface area contributed by atoms with Crippen LogP contribution >= 0.6 is 0 Å². The molecule has 12 aromatic rings. The van der Waals surface area contributed by atoms with Crippen molar-refractivity contribution in [3.8, 4) is 40.1 Å². The molecule has 12 rings (SSSR count). The van der Waals surface area contributed by atoms with Crippen LogP contribution in [0.25, 0.3) is 106 Å². The monoisotopic (exact) mass is 728 g/mol. The average Bonchev–Trinajstić information content (AvgIpc) is 3.92. The molecule has 0 atom stereocenters. The first-order valence-electron chi connectivity index (χ1n) is 19.2. The summed E-state index contributed by atoms with van der Waals surface area (Å²) in [6, 6.07) is 68.4. The number of hydrogen-bond donors (Lipinski definition) is 0. The molecule has 6 nitrogen and oxygen atoms in total. The van der Waals surface area contributed by atoms with Gasteiger partial charge < -0.3 is 9.13 Å². The molecule has 0 spiro atoms. The molecular formula is C51H32N6. The van der Waals surface area contributed by atoms with Gasteiger partial charge in [-0.05, 0) is 60.7 Å². The number of benzene rings is 8. The van der Waals surface area contributed by atoms with Crippen LogP contribution in [-0.2, 0) is 0 Å². The molecule has 0 aliphatic carbocycles. The first kappa shape index (κ1) is 31.5. The van der Waals surface area contributed by atoms with Crippen molar-refractivity contribution in [2.24, 2.45) is 0 Å². The van der Waals surface area contributed by atoms with Crippen LogP contribution in [0.3, 0.4) is 0 Å². The van der Waals surface area contributed by atoms with Crippen molar-refractivity contribution in [1.29, 1.82) is 0 Å². The zero-order valence-corrected chi connectivity index (χ0v) is 30.7. The third-order valence-corrected chi connectivity index (χ3v) is 11.3. The predicted octanol–water partition coefficient (Wildman–Crippen LogP) is 12.5. The minimum absolute atomic E-state index is 0.579. The topological polar surface area (TPSA) is 53.5 Å². The van der Waals surface area contributed by atoms with Crippen LogP contribution in [0.5, 0.6) is 0 Å². The molecule has 0 aliphatic rings. The summed E-state index contributed by atoms with van der Waals surface area (Å²) >= 11 is 0. The van der Waals surface area contributed by atoms with E-state index in [-0.39, 0.29) is 0 Å². The molecule has 266 valence electrons. The zero-order chi connectivity index (χ0) is 37.5. The van der Waals surface area contributed by atoms with Crippen molar-refractivity contribution in [2.45, 2.75) is 0 Å². The Balaban J connectivity index is 1.12. The van der Waals surface area contributed by atoms with Crippen molar-refractivity contribution in [3.63, 3.8) is 0 Å². The molecule has 0 amide bonds. The lowest BCUT2D eigenvalue weighted by Gasteiger charge is -2.12. The minimum Gasteiger partial charge on any atom is -0.309 e. The van der Waals surface area contributed by atoms with Crippen LogP contribution in [0, 0.1) is 0 Å². The highest BCUT2D eigenvalue weighted by Gasteiger charge is 2.22. The molecule has 0 saturated heterocycles. The van der Waals surface area contributed by atoms with Gasteiger partial charge in [-0.15, -0.1) is 0 Å². The van der Waals surface area contributed by atoms with Crippen LogP contribution in [-0.4, -0.2) is 28.7 Å². The van der Waals surface area contributed by atoms with E-state index >= 15 is 0 Å². The molecule has 4 aromatic heterocycles. The zero-order valence-electron chi connectivity index (χ0n) is 30.7. The Kier molecular flexibility index (Phi) is 6.83. The molecule has 0 radical (unpaired) electrons. The molecule has 0 aliphatic heterocycles. The van der Waals surface area contributed by atoms with E-state index in [2.05, 4.69) is 147 Å². The quantitative estimate of drug-likeness (QED) is 0.177. The maximum absolute atomic E-state index is 5.14. The maximum Gasteiger partial charge on any atom is 0.238 e. The van der Waals surface area contributed by atoms with Gasteiger partial charge in [0.15, 0.2) is 11.6 Å². The lowest BCUT2D eigenvalue weighted by molar-refractivity contribution is 0.953. The molecule has 0 saturated carbocycles. The summed E-state index contributed by atoms with van der Waals surface area (Å²) in [5.74, 6) is 1.84. The smallest absolute Gasteiger partial charge is 0.238 e. The lowest BCUT2D eigenvalue weighted by Crippen LogP contribution is -2.06. The molecule has 4 heterocycles. The van der Waals surface area contributed by atoms with Crippen LogP contribution in [0.1, 0.15) is 0 Å². The summed E-state index contributed by atoms with van der Waals surface area (Å²) in [4.78, 5) is 15.2. The Labute approximate surface area is 327 Å². The Morgan fingerprint density at radius 3 is 1.26 bits per heavy atom. The fourth-order valence-electron chi connectivity index (χ4n) is 8.86. The summed E-state index contributed by atoms with van der Waals surface area (Å²) in [5, 5.41) is 7.24. The number of aromatic nitrogens is 6. The third kappa shape index (κ3) is 4.74. The van der Waals surface area contributed by atoms with Gasteiger partial charge in [-0.25, -0.2) is 4.98 Å². The van der Waals surface area contributed by atoms with E-state index in [0.717, 1.165) is 49.8 Å². The molecule has 57 heavy (non-hydrogen) atoms. The number of rotatable bonds is 5. The second kappa shape index (κ2) is 12.3. The Morgan fingerprint density at radius 1 is 0.281 bits per heavy atom. The van der Waals surface area contributed by atoms with Crippen LogP contribution < -0.4 is 0 Å². The van der Waals surface area contributed by atoms with Gasteiger partial charge in [0.2, 0.25) is 5.95 Å². The molecule has 0 N–H and O–H groups in total. The fraction of sp³-hybridized carbons (Fsp3) is 0. The SMILES string of the molecule is c1ccc(-c2nc(-c3ccccc3)nc(-n3c4ccccc4c4cc(-n5c6ccccc6c6c7c8ccccc8n(-c8ccccc8)c7ccc65)ccc43)n2)cc1. The highest BCUT2D eigenvalue weighted by Crippen LogP contribution is 2.43. The van der Waals surface area contributed by atoms with E-state index in [1.807, 2.05) is 60.7 Å². The van der Waals surface area contributed by atoms with Crippen molar-refractivity contribution >= 4 is 65.4 Å². The normalized spacial score (nSPS) is 11.9. The average molecular weight is 729 g/mol. The van der Waals surface area contributed by atoms with Crippen molar-refractivity contribution in [3.05, 3.63) is 194 Å². The van der Waals surface area contributed by atoms with Gasteiger partial charge >= 0.3 is 0 Å². The standard InChI is InChI=1S/C51H32N6/c1-4-16-33(17-5-1)49-52-50(34-18-6-2-7-19-34)54-51(53-49)57-41-25-13-10-22-37(41)40-32-36(28-29-44(40)57)56-43-27-15-12-24-39(43)48-46(56)31-30-45-47(48)38-23-11-14-26-42(38)55(45)35-20-8-3-9-21-35/h1-32H. The summed E-state index contributed by atoms with van der Waals surface area (Å²) in [6.07, 6.45) is 0. The molecule has 0 bridgehead atoms. The van der Waals surface area contributed by atoms with Crippen LogP contribution in [0.4, 0.5) is 0 Å². The molecule has 0 fully saturated rings. The summed E-state index contributed by atoms with van der Waals surface area (Å²) in [7, 11) is 0. The van der Waals surface area contributed by atoms with Gasteiger partial charge in [0.25, 0.3) is 0 Å². The molecular weight excluding hydrogens is 697 g/mol. The van der Waals surface area contributed by atoms with Crippen LogP contribution in [0.2, 0.25) is 0 Å². The van der Waals surface area contributed by atoms with Gasteiger partial charge in [0.1, 0.15) is 0 Å². The lowest BCUT2D eigenvalue weighted by atomic mass is 10.1. The van der Waals surface area contributed by atoms with E-state index in [9.17, 15) is 0 Å². The highest BCUT2D eigenvalue weighted by molar-refractivity contribution is 6.29. The first-order valence-corrected chi connectivity index (χ1v) is 19.2. The first-order chi connectivity index (χ1) is 28.3. The summed E-state index contributed by atoms with van der Waals surface area (Å²) in [6.45, 7) is 0. The minimum atomic E-state index is 0.579. The van der Waals surface area contributed by atoms with E-state index in [1.165, 1.54) is 38.1 Å². The van der Waals surface area contributed by atoms with Crippen molar-refractivity contribution in [2.75, 3.05) is 0 Å². The Bertz CT molecular complexity index is 3450. The summed E-state index contributed by atoms with van der Waals surface area (Å²) in [5.41, 5.74) is 10.9. The van der Waals surface area contributed by atoms with Gasteiger partial charge in [-0.1, -0.05) is 133 Å². The fourth-order valence-corrected chi connectivity index (χ4v) is 8.86. The highest BCUT2D eigenvalue weighted by atomic mass is 15.2. The van der Waals surface area contributed by atoms with E-state index < -0.39 is 0 Å². The third-order valence-electron chi connectivity index (χ3n) is 11.3. The van der Waals surface area contributed by atoms with Crippen molar-refractivity contribution < 1.29 is 0 Å². The number of hydrogen-bond acceptors (Lipinski definition) is 3. The van der Waals surface area contributed by atoms with Gasteiger partial charge in [0, 0.05) is 54.8 Å². The number of fused-ring (bicyclic) bond motifs is 10. The van der Waals surface area contributed by atoms with E-state index in [0.29, 0.717) is 17.6 Å². The second-order valence-electron chi connectivity index (χ2n) is 14.5. The van der Waals surface area contributed by atoms with Gasteiger partial charge in [-0.3, -0.25) is 4.57 Å². The van der Waals surface area contributed by atoms with Gasteiger partial charge in [-0.2, -0.15) is 9.97 Å². The molecule has 6 heteroatoms. The largest absolute Gasteiger partial charge is 0.309 e. The molecule has 0 unspecified atom stereocenters. The number of para-hydroxylation sites is 4. The van der Waals surface area contributed by atoms with Gasteiger partial charge in [0.05, 0.1) is 33.1 Å². The predicted molar refractivity (Wildman–Crippen MR) is 234 cm³/mol. The van der Waals surface area contributed by atoms with Crippen LogP contribution in [0.15, 0.2) is 194 Å². The Hall–Kier alpha value is -7.83. The Morgan fingerprint density at radius 2 is 0.702 bits per heavy atom. The maximum atomic E-state index is 5.14. The van der Waals surface area contributed by atoms with Crippen molar-refractivity contribution in [1.82, 2.24) is 28.7 Å². The molecule has 8 aromatic carbocycles. The summed E-state index contributed by atoms with van der Waals surface area (Å²) < 4.78 is 7.00. The number of nitrogens with zero attached hydrogens (tertiary/aromatic N) is 6. The van der Waals surface area contributed by atoms with E-state index in [4.69, 9.17) is 15.0 Å².